The first-order valence-corrected chi connectivity index (χ1v) is 12.1. The Morgan fingerprint density at radius 2 is 1.68 bits per heavy atom. The lowest BCUT2D eigenvalue weighted by Crippen LogP contribution is -2.47. The van der Waals surface area contributed by atoms with Crippen LogP contribution in [0.1, 0.15) is 64.0 Å². The topological polar surface area (TPSA) is 55.6 Å². The highest BCUT2D eigenvalue weighted by Crippen LogP contribution is 2.61. The van der Waals surface area contributed by atoms with Crippen LogP contribution in [0.3, 0.4) is 0 Å². The molecule has 6 heteroatoms. The summed E-state index contributed by atoms with van der Waals surface area (Å²) in [5.74, 6) is 3.66. The fourth-order valence-corrected chi connectivity index (χ4v) is 7.30. The van der Waals surface area contributed by atoms with Gasteiger partial charge in [-0.25, -0.2) is 4.98 Å². The smallest absolute Gasteiger partial charge is 0.226 e. The van der Waals surface area contributed by atoms with Crippen molar-refractivity contribution in [3.05, 3.63) is 41.4 Å². The normalized spacial score (nSPS) is 29.2. The third-order valence-electron chi connectivity index (χ3n) is 7.91. The van der Waals surface area contributed by atoms with Crippen LogP contribution in [0.25, 0.3) is 11.2 Å². The molecule has 0 atom stereocenters. The summed E-state index contributed by atoms with van der Waals surface area (Å²) in [6, 6.07) is 9.16. The summed E-state index contributed by atoms with van der Waals surface area (Å²) in [5, 5.41) is 3.65. The average molecular weight is 436 g/mol. The molecule has 0 amide bonds. The summed E-state index contributed by atoms with van der Waals surface area (Å²) < 4.78 is 2.02. The van der Waals surface area contributed by atoms with Crippen molar-refractivity contribution in [1.29, 1.82) is 0 Å². The van der Waals surface area contributed by atoms with E-state index in [1.54, 1.807) is 6.33 Å². The van der Waals surface area contributed by atoms with Crippen molar-refractivity contribution in [3.8, 4) is 0 Å². The second-order valence-corrected chi connectivity index (χ2v) is 11.0. The zero-order valence-electron chi connectivity index (χ0n) is 18.3. The number of imidazole rings is 1. The third-order valence-corrected chi connectivity index (χ3v) is 8.08. The van der Waals surface area contributed by atoms with E-state index in [2.05, 4.69) is 58.4 Å². The summed E-state index contributed by atoms with van der Waals surface area (Å²) in [5.41, 5.74) is 4.54. The number of rotatable bonds is 5. The fourth-order valence-electron chi connectivity index (χ4n) is 7.14. The quantitative estimate of drug-likeness (QED) is 0.461. The van der Waals surface area contributed by atoms with E-state index < -0.39 is 0 Å². The number of hydrogen-bond acceptors (Lipinski definition) is 4. The number of halogens is 1. The zero-order valence-corrected chi connectivity index (χ0v) is 19.1. The molecule has 3 aromatic rings. The minimum absolute atomic E-state index is 0.232. The largest absolute Gasteiger partial charge is 0.338 e. The Kier molecular flexibility index (Phi) is 4.53. The molecule has 5 nitrogen and oxygen atoms in total. The minimum atomic E-state index is 0.232. The van der Waals surface area contributed by atoms with Crippen molar-refractivity contribution < 1.29 is 0 Å². The molecule has 0 unspecified atom stereocenters. The molecule has 0 spiro atoms. The Bertz CT molecular complexity index is 1080. The summed E-state index contributed by atoms with van der Waals surface area (Å²) in [7, 11) is 0. The van der Waals surface area contributed by atoms with Gasteiger partial charge in [0.1, 0.15) is 0 Å². The number of aromatic nitrogens is 4. The minimum Gasteiger partial charge on any atom is -0.338 e. The predicted molar refractivity (Wildman–Crippen MR) is 125 cm³/mol. The third kappa shape index (κ3) is 3.51. The monoisotopic (exact) mass is 435 g/mol. The summed E-state index contributed by atoms with van der Waals surface area (Å²) in [4.78, 5) is 13.3. The lowest BCUT2D eigenvalue weighted by molar-refractivity contribution is -0.0521. The van der Waals surface area contributed by atoms with E-state index in [1.165, 1.54) is 50.5 Å². The Balaban J connectivity index is 1.22. The van der Waals surface area contributed by atoms with Crippen molar-refractivity contribution in [1.82, 2.24) is 19.5 Å². The van der Waals surface area contributed by atoms with Gasteiger partial charge in [-0.05, 0) is 111 Å². The average Bonchev–Trinajstić information content (AvgIpc) is 3.12. The molecule has 1 N–H and O–H groups in total. The maximum atomic E-state index is 6.22. The van der Waals surface area contributed by atoms with E-state index in [0.717, 1.165) is 34.6 Å². The van der Waals surface area contributed by atoms with Crippen LogP contribution in [0.5, 0.6) is 0 Å². The number of nitrogens with one attached hydrogen (secondary N) is 1. The first kappa shape index (κ1) is 19.5. The molecule has 162 valence electrons. The zero-order chi connectivity index (χ0) is 21.2. The molecule has 0 radical (unpaired) electrons. The van der Waals surface area contributed by atoms with Crippen molar-refractivity contribution in [2.24, 2.45) is 23.2 Å². The number of hydrogen-bond donors (Lipinski definition) is 1. The molecule has 4 fully saturated rings. The van der Waals surface area contributed by atoms with Gasteiger partial charge in [0.05, 0.1) is 6.33 Å². The molecule has 2 heterocycles. The van der Waals surface area contributed by atoms with Crippen LogP contribution >= 0.6 is 11.6 Å². The Labute approximate surface area is 188 Å². The van der Waals surface area contributed by atoms with Crippen LogP contribution in [0, 0.1) is 23.2 Å². The van der Waals surface area contributed by atoms with Crippen LogP contribution in [0.15, 0.2) is 30.6 Å². The van der Waals surface area contributed by atoms with E-state index in [9.17, 15) is 0 Å². The SMILES string of the molecule is CC(C)n1cnc2c(Nc3ccc(CC45CC6CC(CC(C6)C4)C5)cc3)nc(Cl)nc21. The standard InChI is InChI=1S/C25H30ClN5/c1-15(2)31-14-27-21-22(29-24(26)30-23(21)31)28-20-5-3-16(4-6-20)10-25-11-17-7-18(12-25)9-19(8-17)13-25/h3-6,14-15,17-19H,7-13H2,1-2H3,(H,28,29,30). The second kappa shape index (κ2) is 7.19. The highest BCUT2D eigenvalue weighted by atomic mass is 35.5. The van der Waals surface area contributed by atoms with Crippen molar-refractivity contribution >= 4 is 34.3 Å². The first-order valence-electron chi connectivity index (χ1n) is 11.7. The number of benzene rings is 1. The summed E-state index contributed by atoms with van der Waals surface area (Å²) >= 11 is 6.22. The summed E-state index contributed by atoms with van der Waals surface area (Å²) in [6.07, 6.45) is 11.9. The lowest BCUT2D eigenvalue weighted by Gasteiger charge is -2.57. The van der Waals surface area contributed by atoms with Gasteiger partial charge in [-0.3, -0.25) is 0 Å². The van der Waals surface area contributed by atoms with Crippen LogP contribution < -0.4 is 5.32 Å². The van der Waals surface area contributed by atoms with Crippen LogP contribution in [-0.4, -0.2) is 19.5 Å². The molecule has 2 aromatic heterocycles. The van der Waals surface area contributed by atoms with Crippen LogP contribution in [0.2, 0.25) is 5.28 Å². The van der Waals surface area contributed by atoms with Gasteiger partial charge in [0.25, 0.3) is 0 Å². The molecule has 4 bridgehead atoms. The Hall–Kier alpha value is -2.14. The second-order valence-electron chi connectivity index (χ2n) is 10.7. The predicted octanol–water partition coefficient (Wildman–Crippen LogP) is 6.56. The lowest BCUT2D eigenvalue weighted by atomic mass is 9.48. The van der Waals surface area contributed by atoms with Crippen molar-refractivity contribution in [2.75, 3.05) is 5.32 Å². The van der Waals surface area contributed by atoms with Crippen molar-refractivity contribution in [3.63, 3.8) is 0 Å². The number of fused-ring (bicyclic) bond motifs is 1. The number of anilines is 2. The molecular weight excluding hydrogens is 406 g/mol. The van der Waals surface area contributed by atoms with Crippen LogP contribution in [-0.2, 0) is 6.42 Å². The Morgan fingerprint density at radius 1 is 1.03 bits per heavy atom. The van der Waals surface area contributed by atoms with Gasteiger partial charge in [-0.2, -0.15) is 9.97 Å². The van der Waals surface area contributed by atoms with Crippen molar-refractivity contribution in [2.45, 2.75) is 64.8 Å². The molecule has 7 rings (SSSR count). The van der Waals surface area contributed by atoms with Gasteiger partial charge in [0, 0.05) is 11.7 Å². The van der Waals surface area contributed by atoms with Gasteiger partial charge in [-0.15, -0.1) is 0 Å². The molecule has 31 heavy (non-hydrogen) atoms. The molecule has 0 saturated heterocycles. The van der Waals surface area contributed by atoms with E-state index >= 15 is 0 Å². The van der Waals surface area contributed by atoms with Crippen LogP contribution in [0.4, 0.5) is 11.5 Å². The van der Waals surface area contributed by atoms with E-state index in [0.29, 0.717) is 11.2 Å². The highest BCUT2D eigenvalue weighted by Gasteiger charge is 2.50. The van der Waals surface area contributed by atoms with E-state index in [-0.39, 0.29) is 11.3 Å². The maximum absolute atomic E-state index is 6.22. The van der Waals surface area contributed by atoms with Gasteiger partial charge in [-0.1, -0.05) is 12.1 Å². The number of nitrogens with zero attached hydrogens (tertiary/aromatic N) is 4. The fraction of sp³-hybridized carbons (Fsp3) is 0.560. The summed E-state index contributed by atoms with van der Waals surface area (Å²) in [6.45, 7) is 4.21. The van der Waals surface area contributed by atoms with Gasteiger partial charge < -0.3 is 9.88 Å². The molecule has 0 aliphatic heterocycles. The highest BCUT2D eigenvalue weighted by molar-refractivity contribution is 6.28. The molecule has 1 aromatic carbocycles. The first-order chi connectivity index (χ1) is 15.0. The molecule has 4 saturated carbocycles. The molecule has 4 aliphatic rings. The van der Waals surface area contributed by atoms with E-state index in [4.69, 9.17) is 11.6 Å². The van der Waals surface area contributed by atoms with Gasteiger partial charge in [0.2, 0.25) is 5.28 Å². The van der Waals surface area contributed by atoms with E-state index in [1.807, 2.05) is 4.57 Å². The molecule has 4 aliphatic carbocycles. The van der Waals surface area contributed by atoms with Gasteiger partial charge in [0.15, 0.2) is 17.0 Å². The Morgan fingerprint density at radius 3 is 2.29 bits per heavy atom. The molecular formula is C25H30ClN5. The maximum Gasteiger partial charge on any atom is 0.226 e. The van der Waals surface area contributed by atoms with Gasteiger partial charge >= 0.3 is 0 Å².